The fraction of sp³-hybridized carbons (Fsp3) is 0.462. The summed E-state index contributed by atoms with van der Waals surface area (Å²) < 4.78 is 16.8. The first-order valence-electron chi connectivity index (χ1n) is 6.26. The third-order valence-electron chi connectivity index (χ3n) is 3.04. The van der Waals surface area contributed by atoms with E-state index in [9.17, 15) is 19.1 Å². The van der Waals surface area contributed by atoms with E-state index in [4.69, 9.17) is 4.42 Å². The van der Waals surface area contributed by atoms with Crippen molar-refractivity contribution in [2.75, 3.05) is 14.1 Å². The number of allylic oxidation sites excluding steroid dienone is 1. The lowest BCUT2D eigenvalue weighted by atomic mass is 10.0. The zero-order valence-corrected chi connectivity index (χ0v) is 13.0. The number of carbonyl (C=O) groups is 1. The number of carbonyl (C=O) groups excluding carboxylic acids is 1. The normalized spacial score (nSPS) is 11.5. The van der Waals surface area contributed by atoms with Gasteiger partial charge in [-0.05, 0) is 6.42 Å². The molecule has 0 atom stereocenters. The Hall–Kier alpha value is -1.36. The minimum Gasteiger partial charge on any atom is -0.452 e. The number of furan rings is 1. The van der Waals surface area contributed by atoms with Crippen LogP contribution in [0.5, 0.6) is 0 Å². The number of aryl methyl sites for hydroxylation is 1. The summed E-state index contributed by atoms with van der Waals surface area (Å²) in [6.45, 7) is 7.26. The summed E-state index contributed by atoms with van der Waals surface area (Å²) in [6.07, 6.45) is 0.909. The molecule has 1 aromatic heterocycles. The first kappa shape index (κ1) is 16.7. The van der Waals surface area contributed by atoms with Crippen molar-refractivity contribution in [2.24, 2.45) is 0 Å². The van der Waals surface area contributed by atoms with Crippen LogP contribution in [-0.4, -0.2) is 34.6 Å². The predicted octanol–water partition coefficient (Wildman–Crippen LogP) is 1.47. The van der Waals surface area contributed by atoms with Gasteiger partial charge in [-0.15, -0.1) is 0 Å². The highest BCUT2D eigenvalue weighted by molar-refractivity contribution is 7.60. The van der Waals surface area contributed by atoms with Gasteiger partial charge in [0.1, 0.15) is 5.76 Å². The standard InChI is InChI=1S/C13H20NO5P/c1-6-9-10(7-2)19-13(20(16,17)18)11(9)12(15)8(3)14(4)5/h3,6-7H2,1-2,4-5H3,(H2,16,17,18). The molecule has 0 saturated heterocycles. The van der Waals surface area contributed by atoms with Crippen LogP contribution in [0, 0.1) is 0 Å². The van der Waals surface area contributed by atoms with E-state index in [1.807, 2.05) is 6.92 Å². The highest BCUT2D eigenvalue weighted by Crippen LogP contribution is 2.38. The second kappa shape index (κ2) is 5.95. The Balaban J connectivity index is 3.57. The minimum absolute atomic E-state index is 0.0450. The molecular weight excluding hydrogens is 281 g/mol. The smallest absolute Gasteiger partial charge is 0.391 e. The van der Waals surface area contributed by atoms with Crippen molar-refractivity contribution in [3.8, 4) is 0 Å². The Morgan fingerprint density at radius 1 is 1.30 bits per heavy atom. The fourth-order valence-electron chi connectivity index (χ4n) is 1.94. The molecule has 6 nitrogen and oxygen atoms in total. The van der Waals surface area contributed by atoms with E-state index in [0.29, 0.717) is 24.2 Å². The summed E-state index contributed by atoms with van der Waals surface area (Å²) in [5.41, 5.74) is 0.0901. The second-order valence-corrected chi connectivity index (χ2v) is 6.10. The SMILES string of the molecule is C=C(C(=O)c1c(P(=O)(O)O)oc(CC)c1CC)N(C)C. The van der Waals surface area contributed by atoms with Gasteiger partial charge < -0.3 is 19.1 Å². The van der Waals surface area contributed by atoms with Crippen LogP contribution in [-0.2, 0) is 17.4 Å². The molecule has 0 fully saturated rings. The average molecular weight is 301 g/mol. The molecule has 0 radical (unpaired) electrons. The van der Waals surface area contributed by atoms with Gasteiger partial charge >= 0.3 is 7.60 Å². The van der Waals surface area contributed by atoms with E-state index in [1.165, 1.54) is 4.90 Å². The second-order valence-electron chi connectivity index (χ2n) is 4.61. The van der Waals surface area contributed by atoms with E-state index in [1.54, 1.807) is 21.0 Å². The summed E-state index contributed by atoms with van der Waals surface area (Å²) in [5, 5.41) is 0. The topological polar surface area (TPSA) is 91.0 Å². The summed E-state index contributed by atoms with van der Waals surface area (Å²) in [4.78, 5) is 32.7. The van der Waals surface area contributed by atoms with E-state index in [0.717, 1.165) is 0 Å². The summed E-state index contributed by atoms with van der Waals surface area (Å²) in [6, 6.07) is 0. The Bertz CT molecular complexity index is 582. The van der Waals surface area contributed by atoms with Crippen molar-refractivity contribution < 1.29 is 23.6 Å². The number of Topliss-reactive ketones (excluding diaryl/α,β-unsaturated/α-hetero) is 1. The first-order valence-corrected chi connectivity index (χ1v) is 7.87. The lowest BCUT2D eigenvalue weighted by Crippen LogP contribution is -2.23. The largest absolute Gasteiger partial charge is 0.452 e. The Labute approximate surface area is 118 Å². The molecule has 7 heteroatoms. The monoisotopic (exact) mass is 301 g/mol. The van der Waals surface area contributed by atoms with Gasteiger partial charge in [0.2, 0.25) is 11.3 Å². The third-order valence-corrected chi connectivity index (χ3v) is 3.88. The summed E-state index contributed by atoms with van der Waals surface area (Å²) >= 11 is 0. The molecule has 112 valence electrons. The molecule has 2 N–H and O–H groups in total. The van der Waals surface area contributed by atoms with E-state index in [2.05, 4.69) is 6.58 Å². The number of hydrogen-bond acceptors (Lipinski definition) is 4. The zero-order chi connectivity index (χ0) is 15.7. The molecule has 0 saturated carbocycles. The number of rotatable bonds is 6. The van der Waals surface area contributed by atoms with Gasteiger partial charge in [0.25, 0.3) is 0 Å². The lowest BCUT2D eigenvalue weighted by molar-refractivity contribution is 0.100. The molecule has 1 rings (SSSR count). The Kier molecular flexibility index (Phi) is 4.97. The van der Waals surface area contributed by atoms with E-state index < -0.39 is 18.9 Å². The molecule has 20 heavy (non-hydrogen) atoms. The average Bonchev–Trinajstić information content (AvgIpc) is 2.74. The van der Waals surface area contributed by atoms with Crippen LogP contribution in [0.25, 0.3) is 0 Å². The van der Waals surface area contributed by atoms with Crippen LogP contribution in [0.3, 0.4) is 0 Å². The molecule has 0 aliphatic carbocycles. The molecule has 1 heterocycles. The van der Waals surface area contributed by atoms with Gasteiger partial charge in [0, 0.05) is 26.1 Å². The van der Waals surface area contributed by atoms with Gasteiger partial charge in [-0.1, -0.05) is 20.4 Å². The van der Waals surface area contributed by atoms with Crippen LogP contribution in [0.15, 0.2) is 16.7 Å². The maximum absolute atomic E-state index is 12.4. The van der Waals surface area contributed by atoms with Crippen molar-refractivity contribution in [1.82, 2.24) is 4.90 Å². The van der Waals surface area contributed by atoms with Crippen molar-refractivity contribution in [3.63, 3.8) is 0 Å². The van der Waals surface area contributed by atoms with Gasteiger partial charge in [-0.3, -0.25) is 9.36 Å². The van der Waals surface area contributed by atoms with Crippen LogP contribution in [0.1, 0.15) is 35.5 Å². The summed E-state index contributed by atoms with van der Waals surface area (Å²) in [7, 11) is -1.37. The van der Waals surface area contributed by atoms with Crippen LogP contribution >= 0.6 is 7.60 Å². The molecule has 0 aromatic carbocycles. The summed E-state index contributed by atoms with van der Waals surface area (Å²) in [5.74, 6) is -0.0886. The van der Waals surface area contributed by atoms with Crippen LogP contribution < -0.4 is 5.50 Å². The quantitative estimate of drug-likeness (QED) is 0.470. The van der Waals surface area contributed by atoms with Crippen molar-refractivity contribution in [2.45, 2.75) is 26.7 Å². The lowest BCUT2D eigenvalue weighted by Gasteiger charge is -2.15. The number of nitrogens with zero attached hydrogens (tertiary/aromatic N) is 1. The highest BCUT2D eigenvalue weighted by Gasteiger charge is 2.35. The Morgan fingerprint density at radius 2 is 1.85 bits per heavy atom. The molecular formula is C13H20NO5P. The first-order chi connectivity index (χ1) is 9.15. The predicted molar refractivity (Wildman–Crippen MR) is 76.3 cm³/mol. The zero-order valence-electron chi connectivity index (χ0n) is 12.1. The molecule has 0 unspecified atom stereocenters. The molecule has 0 aliphatic rings. The maximum atomic E-state index is 12.4. The Morgan fingerprint density at radius 3 is 2.20 bits per heavy atom. The van der Waals surface area contributed by atoms with Crippen molar-refractivity contribution >= 4 is 18.9 Å². The number of ketones is 1. The molecule has 0 spiro atoms. The highest BCUT2D eigenvalue weighted by atomic mass is 31.2. The third kappa shape index (κ3) is 3.03. The molecule has 0 bridgehead atoms. The van der Waals surface area contributed by atoms with Gasteiger partial charge in [-0.25, -0.2) is 0 Å². The van der Waals surface area contributed by atoms with E-state index in [-0.39, 0.29) is 11.3 Å². The molecule has 1 aromatic rings. The van der Waals surface area contributed by atoms with Crippen molar-refractivity contribution in [1.29, 1.82) is 0 Å². The number of likely N-dealkylation sites (N-methyl/N-ethyl adjacent to an activating group) is 1. The maximum Gasteiger partial charge on any atom is 0.391 e. The van der Waals surface area contributed by atoms with Gasteiger partial charge in [0.15, 0.2) is 0 Å². The van der Waals surface area contributed by atoms with Gasteiger partial charge in [0.05, 0.1) is 11.3 Å². The van der Waals surface area contributed by atoms with Crippen LogP contribution in [0.4, 0.5) is 0 Å². The van der Waals surface area contributed by atoms with Gasteiger partial charge in [-0.2, -0.15) is 0 Å². The fourth-order valence-corrected chi connectivity index (χ4v) is 2.70. The minimum atomic E-state index is -4.66. The van der Waals surface area contributed by atoms with E-state index >= 15 is 0 Å². The molecule has 0 amide bonds. The van der Waals surface area contributed by atoms with Crippen molar-refractivity contribution in [3.05, 3.63) is 29.2 Å². The molecule has 0 aliphatic heterocycles. The number of hydrogen-bond donors (Lipinski definition) is 2. The van der Waals surface area contributed by atoms with Crippen LogP contribution in [0.2, 0.25) is 0 Å².